The highest BCUT2D eigenvalue weighted by Crippen LogP contribution is 2.21. The number of anilines is 1. The van der Waals surface area contributed by atoms with E-state index in [2.05, 4.69) is 0 Å². The number of rotatable bonds is 7. The van der Waals surface area contributed by atoms with Gasteiger partial charge in [0.2, 0.25) is 10.0 Å². The van der Waals surface area contributed by atoms with Crippen LogP contribution in [0.15, 0.2) is 59.5 Å². The Labute approximate surface area is 177 Å². The summed E-state index contributed by atoms with van der Waals surface area (Å²) in [4.78, 5) is 26.9. The molecule has 0 radical (unpaired) electrons. The van der Waals surface area contributed by atoms with Crippen LogP contribution in [0.4, 0.5) is 5.69 Å². The van der Waals surface area contributed by atoms with Crippen LogP contribution >= 0.6 is 0 Å². The first-order valence-corrected chi connectivity index (χ1v) is 11.5. The zero-order chi connectivity index (χ0) is 21.7. The predicted octanol–water partition coefficient (Wildman–Crippen LogP) is 3.07. The molecular weight excluding hydrogens is 404 g/mol. The molecule has 0 spiro atoms. The van der Waals surface area contributed by atoms with Crippen molar-refractivity contribution in [2.24, 2.45) is 0 Å². The van der Waals surface area contributed by atoms with Crippen molar-refractivity contribution in [1.29, 1.82) is 0 Å². The number of carbonyl (C=O) groups excluding carboxylic acids is 2. The average Bonchev–Trinajstić information content (AvgIpc) is 3.31. The Balaban J connectivity index is 1.67. The van der Waals surface area contributed by atoms with Crippen molar-refractivity contribution in [2.45, 2.75) is 37.7 Å². The summed E-state index contributed by atoms with van der Waals surface area (Å²) in [7, 11) is -3.54. The number of benzene rings is 2. The second-order valence-corrected chi connectivity index (χ2v) is 9.04. The number of carbonyl (C=O) groups is 2. The van der Waals surface area contributed by atoms with E-state index in [1.54, 1.807) is 4.90 Å². The first-order chi connectivity index (χ1) is 14.3. The summed E-state index contributed by atoms with van der Waals surface area (Å²) in [6, 6.07) is 14.8. The van der Waals surface area contributed by atoms with Gasteiger partial charge in [-0.1, -0.05) is 18.2 Å². The van der Waals surface area contributed by atoms with Crippen molar-refractivity contribution in [2.75, 3.05) is 24.5 Å². The topological polar surface area (TPSA) is 84.0 Å². The Morgan fingerprint density at radius 2 is 1.63 bits per heavy atom. The molecule has 1 aliphatic rings. The summed E-state index contributed by atoms with van der Waals surface area (Å²) >= 11 is 0. The Morgan fingerprint density at radius 3 is 2.20 bits per heavy atom. The Bertz CT molecular complexity index is 984. The van der Waals surface area contributed by atoms with E-state index in [-0.39, 0.29) is 16.4 Å². The second-order valence-electron chi connectivity index (χ2n) is 7.10. The van der Waals surface area contributed by atoms with Crippen LogP contribution in [0.1, 0.15) is 37.0 Å². The third-order valence-corrected chi connectivity index (χ3v) is 6.99. The van der Waals surface area contributed by atoms with Crippen LogP contribution in [0.5, 0.6) is 0 Å². The Morgan fingerprint density at radius 1 is 1.03 bits per heavy atom. The highest BCUT2D eigenvalue weighted by molar-refractivity contribution is 7.89. The van der Waals surface area contributed by atoms with Crippen molar-refractivity contribution in [1.82, 2.24) is 4.31 Å². The highest BCUT2D eigenvalue weighted by atomic mass is 32.2. The fourth-order valence-electron chi connectivity index (χ4n) is 3.41. The number of hydrogen-bond donors (Lipinski definition) is 0. The molecule has 0 aliphatic carbocycles. The summed E-state index contributed by atoms with van der Waals surface area (Å²) in [5, 5.41) is 0. The molecule has 1 fully saturated rings. The maximum atomic E-state index is 12.7. The lowest BCUT2D eigenvalue weighted by Crippen LogP contribution is -2.40. The smallest absolute Gasteiger partial charge is 0.338 e. The fourth-order valence-corrected chi connectivity index (χ4v) is 4.93. The number of para-hydroxylation sites is 1. The van der Waals surface area contributed by atoms with Gasteiger partial charge in [0.15, 0.2) is 6.10 Å². The van der Waals surface area contributed by atoms with Crippen molar-refractivity contribution in [3.05, 3.63) is 60.2 Å². The number of sulfonamides is 1. The van der Waals surface area contributed by atoms with Crippen LogP contribution < -0.4 is 4.90 Å². The van der Waals surface area contributed by atoms with E-state index in [1.807, 2.05) is 37.3 Å². The first kappa shape index (κ1) is 22.0. The van der Waals surface area contributed by atoms with Crippen LogP contribution in [-0.4, -0.2) is 50.3 Å². The van der Waals surface area contributed by atoms with Gasteiger partial charge in [-0.05, 0) is 63.1 Å². The van der Waals surface area contributed by atoms with Gasteiger partial charge in [-0.3, -0.25) is 4.79 Å². The van der Waals surface area contributed by atoms with Crippen LogP contribution in [0.25, 0.3) is 0 Å². The van der Waals surface area contributed by atoms with Gasteiger partial charge < -0.3 is 9.64 Å². The van der Waals surface area contributed by atoms with Gasteiger partial charge in [0.1, 0.15) is 0 Å². The van der Waals surface area contributed by atoms with Gasteiger partial charge in [-0.2, -0.15) is 4.31 Å². The summed E-state index contributed by atoms with van der Waals surface area (Å²) < 4.78 is 32.0. The quantitative estimate of drug-likeness (QED) is 0.631. The largest absolute Gasteiger partial charge is 0.449 e. The monoisotopic (exact) mass is 430 g/mol. The van der Waals surface area contributed by atoms with E-state index in [9.17, 15) is 18.0 Å². The van der Waals surface area contributed by atoms with E-state index in [0.29, 0.717) is 19.6 Å². The van der Waals surface area contributed by atoms with E-state index < -0.39 is 22.1 Å². The first-order valence-electron chi connectivity index (χ1n) is 10.0. The third kappa shape index (κ3) is 4.71. The maximum Gasteiger partial charge on any atom is 0.338 e. The molecule has 0 unspecified atom stereocenters. The molecule has 30 heavy (non-hydrogen) atoms. The highest BCUT2D eigenvalue weighted by Gasteiger charge is 2.28. The van der Waals surface area contributed by atoms with Crippen molar-refractivity contribution in [3.63, 3.8) is 0 Å². The van der Waals surface area contributed by atoms with E-state index in [0.717, 1.165) is 18.5 Å². The van der Waals surface area contributed by atoms with Gasteiger partial charge in [-0.25, -0.2) is 13.2 Å². The summed E-state index contributed by atoms with van der Waals surface area (Å²) in [5.41, 5.74) is 0.919. The van der Waals surface area contributed by atoms with E-state index >= 15 is 0 Å². The lowest BCUT2D eigenvalue weighted by atomic mass is 10.2. The predicted molar refractivity (Wildman–Crippen MR) is 114 cm³/mol. The van der Waals surface area contributed by atoms with Gasteiger partial charge in [-0.15, -0.1) is 0 Å². The van der Waals surface area contributed by atoms with Crippen LogP contribution in [0.3, 0.4) is 0 Å². The molecule has 1 amide bonds. The Hall–Kier alpha value is -2.71. The number of likely N-dealkylation sites (N-methyl/N-ethyl adjacent to an activating group) is 1. The maximum absolute atomic E-state index is 12.7. The fraction of sp³-hybridized carbons (Fsp3) is 0.364. The molecule has 160 valence electrons. The summed E-state index contributed by atoms with van der Waals surface area (Å²) in [6.45, 7) is 4.84. The summed E-state index contributed by atoms with van der Waals surface area (Å²) in [6.07, 6.45) is 0.728. The van der Waals surface area contributed by atoms with Gasteiger partial charge in [0, 0.05) is 25.3 Å². The van der Waals surface area contributed by atoms with Crippen LogP contribution in [0, 0.1) is 0 Å². The van der Waals surface area contributed by atoms with Gasteiger partial charge in [0.05, 0.1) is 10.5 Å². The van der Waals surface area contributed by atoms with Gasteiger partial charge >= 0.3 is 5.97 Å². The molecule has 2 aromatic carbocycles. The summed E-state index contributed by atoms with van der Waals surface area (Å²) in [5.74, 6) is -1.00. The molecule has 0 N–H and O–H groups in total. The van der Waals surface area contributed by atoms with Crippen molar-refractivity contribution >= 4 is 27.6 Å². The van der Waals surface area contributed by atoms with Crippen LogP contribution in [-0.2, 0) is 19.6 Å². The lowest BCUT2D eigenvalue weighted by molar-refractivity contribution is -0.126. The zero-order valence-electron chi connectivity index (χ0n) is 17.2. The van der Waals surface area contributed by atoms with E-state index in [1.165, 1.54) is 35.5 Å². The molecule has 8 heteroatoms. The second kappa shape index (κ2) is 9.40. The normalized spacial score (nSPS) is 15.5. The van der Waals surface area contributed by atoms with Crippen molar-refractivity contribution < 1.29 is 22.7 Å². The molecule has 1 atom stereocenters. The number of nitrogens with zero attached hydrogens (tertiary/aromatic N) is 2. The molecule has 1 aliphatic heterocycles. The molecule has 7 nitrogen and oxygen atoms in total. The van der Waals surface area contributed by atoms with Crippen molar-refractivity contribution in [3.8, 4) is 0 Å². The molecule has 0 bridgehead atoms. The minimum absolute atomic E-state index is 0.145. The molecule has 2 aromatic rings. The number of amides is 1. The molecule has 0 saturated carbocycles. The van der Waals surface area contributed by atoms with Gasteiger partial charge in [0.25, 0.3) is 5.91 Å². The molecule has 1 heterocycles. The number of hydrogen-bond acceptors (Lipinski definition) is 5. The zero-order valence-corrected chi connectivity index (χ0v) is 18.0. The molecule has 0 aromatic heterocycles. The van der Waals surface area contributed by atoms with Crippen LogP contribution in [0.2, 0.25) is 0 Å². The minimum Gasteiger partial charge on any atom is -0.449 e. The SMILES string of the molecule is CCN(C(=O)[C@H](C)OC(=O)c1ccc(S(=O)(=O)N2CCCC2)cc1)c1ccccc1. The number of ether oxygens (including phenoxy) is 1. The number of esters is 1. The third-order valence-electron chi connectivity index (χ3n) is 5.07. The standard InChI is InChI=1S/C22H26N2O5S/c1-3-24(19-9-5-4-6-10-19)21(25)17(2)29-22(26)18-11-13-20(14-12-18)30(27,28)23-15-7-8-16-23/h4-6,9-14,17H,3,7-8,15-16H2,1-2H3/t17-/m0/s1. The lowest BCUT2D eigenvalue weighted by Gasteiger charge is -2.24. The molecule has 3 rings (SSSR count). The Kier molecular flexibility index (Phi) is 6.89. The van der Waals surface area contributed by atoms with E-state index in [4.69, 9.17) is 4.74 Å². The average molecular weight is 431 g/mol. The molecule has 1 saturated heterocycles. The minimum atomic E-state index is -3.54. The molecular formula is C22H26N2O5S.